The van der Waals surface area contributed by atoms with Crippen molar-refractivity contribution >= 4 is 11.6 Å². The summed E-state index contributed by atoms with van der Waals surface area (Å²) in [5.41, 5.74) is -0.256. The maximum Gasteiger partial charge on any atom is 0.419 e. The fourth-order valence-corrected chi connectivity index (χ4v) is 1.79. The number of aromatic nitrogens is 2. The molecular formula is C16H16F3N3O3. The third kappa shape index (κ3) is 6.28. The molecule has 0 aliphatic carbocycles. The number of anilines is 1. The number of amides is 1. The van der Waals surface area contributed by atoms with Crippen LogP contribution in [-0.4, -0.2) is 29.1 Å². The number of carbonyl (C=O) groups excluding carboxylic acids is 1. The number of carbonyl (C=O) groups is 1. The van der Waals surface area contributed by atoms with Gasteiger partial charge in [-0.1, -0.05) is 0 Å². The summed E-state index contributed by atoms with van der Waals surface area (Å²) in [6.45, 7) is 1.97. The average Bonchev–Trinajstić information content (AvgIpc) is 2.55. The Morgan fingerprint density at radius 2 is 1.68 bits per heavy atom. The zero-order valence-corrected chi connectivity index (χ0v) is 13.3. The number of halogens is 3. The second kappa shape index (κ2) is 8.32. The minimum Gasteiger partial charge on any atom is -0.493 e. The van der Waals surface area contributed by atoms with Crippen molar-refractivity contribution in [1.29, 1.82) is 0 Å². The molecule has 0 spiro atoms. The van der Waals surface area contributed by atoms with Gasteiger partial charge in [0.25, 0.3) is 0 Å². The molecular weight excluding hydrogens is 339 g/mol. The molecule has 1 N–H and O–H groups in total. The van der Waals surface area contributed by atoms with E-state index >= 15 is 0 Å². The molecule has 0 atom stereocenters. The second-order valence-corrected chi connectivity index (χ2v) is 5.01. The minimum absolute atomic E-state index is 0.118. The summed E-state index contributed by atoms with van der Waals surface area (Å²) in [5, 5.41) is 2.64. The van der Waals surface area contributed by atoms with Crippen LogP contribution in [0.2, 0.25) is 0 Å². The summed E-state index contributed by atoms with van der Waals surface area (Å²) in [6, 6.07) is 6.73. The first-order valence-corrected chi connectivity index (χ1v) is 7.37. The van der Waals surface area contributed by atoms with Gasteiger partial charge in [-0.15, -0.1) is 0 Å². The monoisotopic (exact) mass is 355 g/mol. The van der Waals surface area contributed by atoms with Gasteiger partial charge in [-0.25, -0.2) is 9.97 Å². The maximum atomic E-state index is 12.4. The van der Waals surface area contributed by atoms with Crippen molar-refractivity contribution < 1.29 is 27.4 Å². The number of hydrogen-bond acceptors (Lipinski definition) is 5. The predicted octanol–water partition coefficient (Wildman–Crippen LogP) is 3.30. The van der Waals surface area contributed by atoms with E-state index < -0.39 is 11.7 Å². The molecule has 1 aromatic heterocycles. The van der Waals surface area contributed by atoms with Gasteiger partial charge < -0.3 is 14.8 Å². The molecule has 0 unspecified atom stereocenters. The van der Waals surface area contributed by atoms with Gasteiger partial charge in [0.05, 0.1) is 18.8 Å². The molecule has 6 nitrogen and oxygen atoms in total. The third-order valence-electron chi connectivity index (χ3n) is 2.92. The first kappa shape index (κ1) is 18.5. The van der Waals surface area contributed by atoms with E-state index in [0.717, 1.165) is 0 Å². The fraction of sp³-hybridized carbons (Fsp3) is 0.312. The fourth-order valence-electron chi connectivity index (χ4n) is 1.79. The van der Waals surface area contributed by atoms with Gasteiger partial charge in [0.2, 0.25) is 5.91 Å². The molecule has 1 heterocycles. The Bertz CT molecular complexity index is 689. The van der Waals surface area contributed by atoms with Crippen molar-refractivity contribution in [2.45, 2.75) is 19.5 Å². The molecule has 25 heavy (non-hydrogen) atoms. The van der Waals surface area contributed by atoms with Gasteiger partial charge in [0, 0.05) is 31.4 Å². The molecule has 9 heteroatoms. The number of hydrogen-bond donors (Lipinski definition) is 1. The summed E-state index contributed by atoms with van der Waals surface area (Å²) in [5.74, 6) is 0.469. The number of nitrogens with zero attached hydrogens (tertiary/aromatic N) is 2. The minimum atomic E-state index is -4.47. The van der Waals surface area contributed by atoms with E-state index in [1.807, 2.05) is 0 Å². The summed E-state index contributed by atoms with van der Waals surface area (Å²) in [6.07, 6.45) is -2.62. The SMILES string of the molecule is CC(=O)Nc1ccc(OCCCOc2ncc(C(F)(F)F)cn2)cc1. The molecule has 0 saturated heterocycles. The van der Waals surface area contributed by atoms with E-state index in [2.05, 4.69) is 15.3 Å². The van der Waals surface area contributed by atoms with Crippen LogP contribution in [0.5, 0.6) is 11.8 Å². The van der Waals surface area contributed by atoms with Gasteiger partial charge in [0.1, 0.15) is 5.75 Å². The van der Waals surface area contributed by atoms with Crippen LogP contribution in [0.15, 0.2) is 36.7 Å². The van der Waals surface area contributed by atoms with Crippen LogP contribution in [0.3, 0.4) is 0 Å². The van der Waals surface area contributed by atoms with Crippen LogP contribution in [0.1, 0.15) is 18.9 Å². The Morgan fingerprint density at radius 3 is 2.24 bits per heavy atom. The van der Waals surface area contributed by atoms with Gasteiger partial charge >= 0.3 is 12.2 Å². The number of benzene rings is 1. The number of ether oxygens (including phenoxy) is 2. The van der Waals surface area contributed by atoms with Crippen LogP contribution in [0.25, 0.3) is 0 Å². The Kier molecular flexibility index (Phi) is 6.15. The van der Waals surface area contributed by atoms with Gasteiger partial charge in [-0.2, -0.15) is 13.2 Å². The van der Waals surface area contributed by atoms with Crippen LogP contribution in [0.4, 0.5) is 18.9 Å². The van der Waals surface area contributed by atoms with Crippen molar-refractivity contribution in [1.82, 2.24) is 9.97 Å². The van der Waals surface area contributed by atoms with Gasteiger partial charge in [-0.3, -0.25) is 4.79 Å². The molecule has 0 saturated carbocycles. The lowest BCUT2D eigenvalue weighted by Gasteiger charge is -2.09. The van der Waals surface area contributed by atoms with E-state index in [1.54, 1.807) is 24.3 Å². The molecule has 134 valence electrons. The van der Waals surface area contributed by atoms with E-state index in [9.17, 15) is 18.0 Å². The first-order valence-electron chi connectivity index (χ1n) is 7.37. The van der Waals surface area contributed by atoms with Crippen molar-refractivity contribution in [2.75, 3.05) is 18.5 Å². The van der Waals surface area contributed by atoms with Crippen LogP contribution in [-0.2, 0) is 11.0 Å². The summed E-state index contributed by atoms with van der Waals surface area (Å²) >= 11 is 0. The smallest absolute Gasteiger partial charge is 0.419 e. The van der Waals surface area contributed by atoms with E-state index in [-0.39, 0.29) is 18.5 Å². The highest BCUT2D eigenvalue weighted by Gasteiger charge is 2.31. The van der Waals surface area contributed by atoms with E-state index in [0.29, 0.717) is 36.9 Å². The van der Waals surface area contributed by atoms with Crippen molar-refractivity contribution in [3.63, 3.8) is 0 Å². The largest absolute Gasteiger partial charge is 0.493 e. The Balaban J connectivity index is 1.68. The molecule has 1 amide bonds. The molecule has 0 fully saturated rings. The van der Waals surface area contributed by atoms with Gasteiger partial charge in [0.15, 0.2) is 0 Å². The van der Waals surface area contributed by atoms with Crippen LogP contribution < -0.4 is 14.8 Å². The molecule has 2 aromatic rings. The molecule has 0 bridgehead atoms. The van der Waals surface area contributed by atoms with Gasteiger partial charge in [-0.05, 0) is 24.3 Å². The Hall–Kier alpha value is -2.84. The van der Waals surface area contributed by atoms with Crippen molar-refractivity contribution in [3.8, 4) is 11.8 Å². The third-order valence-corrected chi connectivity index (χ3v) is 2.92. The number of nitrogens with one attached hydrogen (secondary N) is 1. The highest BCUT2D eigenvalue weighted by molar-refractivity contribution is 5.88. The number of alkyl halides is 3. The first-order chi connectivity index (χ1) is 11.8. The molecule has 0 aliphatic rings. The lowest BCUT2D eigenvalue weighted by molar-refractivity contribution is -0.138. The quantitative estimate of drug-likeness (QED) is 0.772. The van der Waals surface area contributed by atoms with Crippen LogP contribution in [0, 0.1) is 0 Å². The standard InChI is InChI=1S/C16H16F3N3O3/c1-11(23)22-13-3-5-14(6-4-13)24-7-2-8-25-15-20-9-12(10-21-15)16(17,18)19/h3-6,9-10H,2,7-8H2,1H3,(H,22,23). The van der Waals surface area contributed by atoms with Crippen molar-refractivity contribution in [2.24, 2.45) is 0 Å². The lowest BCUT2D eigenvalue weighted by atomic mass is 10.3. The van der Waals surface area contributed by atoms with Crippen LogP contribution >= 0.6 is 0 Å². The zero-order chi connectivity index (χ0) is 18.3. The normalized spacial score (nSPS) is 11.0. The summed E-state index contributed by atoms with van der Waals surface area (Å²) in [4.78, 5) is 17.9. The Labute approximate surface area is 142 Å². The molecule has 2 rings (SSSR count). The number of rotatable bonds is 7. The highest BCUT2D eigenvalue weighted by atomic mass is 19.4. The molecule has 0 radical (unpaired) electrons. The summed E-state index contributed by atoms with van der Waals surface area (Å²) < 4.78 is 47.7. The molecule has 0 aliphatic heterocycles. The lowest BCUT2D eigenvalue weighted by Crippen LogP contribution is -2.09. The molecule has 1 aromatic carbocycles. The topological polar surface area (TPSA) is 73.3 Å². The van der Waals surface area contributed by atoms with E-state index in [1.165, 1.54) is 6.92 Å². The summed E-state index contributed by atoms with van der Waals surface area (Å²) in [7, 11) is 0. The predicted molar refractivity (Wildman–Crippen MR) is 83.4 cm³/mol. The zero-order valence-electron chi connectivity index (χ0n) is 13.3. The van der Waals surface area contributed by atoms with Crippen molar-refractivity contribution in [3.05, 3.63) is 42.2 Å². The average molecular weight is 355 g/mol. The Morgan fingerprint density at radius 1 is 1.08 bits per heavy atom. The maximum absolute atomic E-state index is 12.4. The second-order valence-electron chi connectivity index (χ2n) is 5.01. The highest BCUT2D eigenvalue weighted by Crippen LogP contribution is 2.28. The van der Waals surface area contributed by atoms with E-state index in [4.69, 9.17) is 9.47 Å².